The number of likely N-dealkylation sites (N-methyl/N-ethyl adjacent to an activating group) is 1. The SMILES string of the molecule is Cc1ncsc1C(C)N(C)C(C)(C)C(=O)O. The van der Waals surface area contributed by atoms with Crippen molar-refractivity contribution in [3.8, 4) is 0 Å². The minimum atomic E-state index is -0.879. The van der Waals surface area contributed by atoms with E-state index in [-0.39, 0.29) is 6.04 Å². The van der Waals surface area contributed by atoms with Crippen molar-refractivity contribution in [3.05, 3.63) is 16.1 Å². The molecule has 1 N–H and O–H groups in total. The molecule has 1 atom stereocenters. The van der Waals surface area contributed by atoms with Crippen molar-refractivity contribution in [3.63, 3.8) is 0 Å². The quantitative estimate of drug-likeness (QED) is 0.880. The van der Waals surface area contributed by atoms with E-state index in [4.69, 9.17) is 0 Å². The molecule has 1 rings (SSSR count). The van der Waals surface area contributed by atoms with Gasteiger partial charge >= 0.3 is 5.97 Å². The molecule has 0 amide bonds. The second kappa shape index (κ2) is 4.51. The van der Waals surface area contributed by atoms with Gasteiger partial charge in [0.25, 0.3) is 0 Å². The Labute approximate surface area is 99.9 Å². The molecule has 4 nitrogen and oxygen atoms in total. The Morgan fingerprint density at radius 2 is 2.19 bits per heavy atom. The fraction of sp³-hybridized carbons (Fsp3) is 0.636. The minimum absolute atomic E-state index is 0.0543. The van der Waals surface area contributed by atoms with Gasteiger partial charge in [0.05, 0.1) is 11.2 Å². The van der Waals surface area contributed by atoms with Gasteiger partial charge in [-0.05, 0) is 34.7 Å². The standard InChI is InChI=1S/C11H18N2O2S/c1-7-9(16-6-12-7)8(2)13(5)11(3,4)10(14)15/h6,8H,1-5H3,(H,14,15). The van der Waals surface area contributed by atoms with Crippen LogP contribution in [0.25, 0.3) is 0 Å². The Morgan fingerprint density at radius 3 is 2.56 bits per heavy atom. The molecule has 0 aliphatic carbocycles. The fourth-order valence-corrected chi connectivity index (χ4v) is 2.43. The molecule has 0 radical (unpaired) electrons. The first kappa shape index (κ1) is 13.1. The number of carboxylic acids is 1. The molecule has 1 aromatic heterocycles. The highest BCUT2D eigenvalue weighted by molar-refractivity contribution is 7.09. The number of aliphatic carboxylic acids is 1. The molecule has 16 heavy (non-hydrogen) atoms. The molecule has 1 aromatic rings. The first-order valence-corrected chi connectivity index (χ1v) is 6.02. The average Bonchev–Trinajstić information content (AvgIpc) is 2.61. The van der Waals surface area contributed by atoms with Gasteiger partial charge in [0.1, 0.15) is 5.54 Å². The second-order valence-electron chi connectivity index (χ2n) is 4.45. The lowest BCUT2D eigenvalue weighted by Gasteiger charge is -2.36. The van der Waals surface area contributed by atoms with Crippen LogP contribution in [0.1, 0.15) is 37.4 Å². The first-order valence-electron chi connectivity index (χ1n) is 5.14. The van der Waals surface area contributed by atoms with Gasteiger partial charge in [0, 0.05) is 10.9 Å². The summed E-state index contributed by atoms with van der Waals surface area (Å²) in [6.45, 7) is 7.37. The smallest absolute Gasteiger partial charge is 0.323 e. The van der Waals surface area contributed by atoms with Gasteiger partial charge in [-0.2, -0.15) is 0 Å². The Kier molecular flexibility index (Phi) is 3.70. The monoisotopic (exact) mass is 242 g/mol. The fourth-order valence-electron chi connectivity index (χ4n) is 1.52. The lowest BCUT2D eigenvalue weighted by molar-refractivity contribution is -0.149. The summed E-state index contributed by atoms with van der Waals surface area (Å²) in [5.74, 6) is -0.816. The Morgan fingerprint density at radius 1 is 1.62 bits per heavy atom. The van der Waals surface area contributed by atoms with Crippen LogP contribution in [0.2, 0.25) is 0 Å². The molecule has 0 saturated carbocycles. The molecule has 90 valence electrons. The molecule has 0 fully saturated rings. The zero-order valence-electron chi connectivity index (χ0n) is 10.3. The highest BCUT2D eigenvalue weighted by Crippen LogP contribution is 2.30. The number of carbonyl (C=O) groups is 1. The second-order valence-corrected chi connectivity index (χ2v) is 5.34. The van der Waals surface area contributed by atoms with Crippen LogP contribution < -0.4 is 0 Å². The largest absolute Gasteiger partial charge is 0.480 e. The molecule has 0 aromatic carbocycles. The maximum atomic E-state index is 11.2. The number of hydrogen-bond acceptors (Lipinski definition) is 4. The van der Waals surface area contributed by atoms with Crippen molar-refractivity contribution < 1.29 is 9.90 Å². The number of aromatic nitrogens is 1. The molecule has 1 heterocycles. The lowest BCUT2D eigenvalue weighted by atomic mass is 10.0. The topological polar surface area (TPSA) is 53.4 Å². The molecular weight excluding hydrogens is 224 g/mol. The van der Waals surface area contributed by atoms with Crippen molar-refractivity contribution >= 4 is 17.3 Å². The highest BCUT2D eigenvalue weighted by atomic mass is 32.1. The third kappa shape index (κ3) is 2.25. The third-order valence-electron chi connectivity index (χ3n) is 3.15. The number of hydrogen-bond donors (Lipinski definition) is 1. The van der Waals surface area contributed by atoms with Crippen molar-refractivity contribution in [2.45, 2.75) is 39.3 Å². The molecule has 5 heteroatoms. The average molecular weight is 242 g/mol. The van der Waals surface area contributed by atoms with Crippen LogP contribution >= 0.6 is 11.3 Å². The maximum absolute atomic E-state index is 11.2. The van der Waals surface area contributed by atoms with E-state index in [2.05, 4.69) is 4.98 Å². The van der Waals surface area contributed by atoms with Crippen LogP contribution in [-0.2, 0) is 4.79 Å². The third-order valence-corrected chi connectivity index (χ3v) is 4.25. The van der Waals surface area contributed by atoms with Crippen LogP contribution in [-0.4, -0.2) is 33.5 Å². The van der Waals surface area contributed by atoms with Gasteiger partial charge in [0.15, 0.2) is 0 Å². The van der Waals surface area contributed by atoms with Crippen molar-refractivity contribution in [2.75, 3.05) is 7.05 Å². The summed E-state index contributed by atoms with van der Waals surface area (Å²) in [4.78, 5) is 18.3. The first-order chi connectivity index (χ1) is 7.28. The van der Waals surface area contributed by atoms with E-state index in [9.17, 15) is 9.90 Å². The zero-order chi connectivity index (χ0) is 12.5. The highest BCUT2D eigenvalue weighted by Gasteiger charge is 2.35. The maximum Gasteiger partial charge on any atom is 0.323 e. The molecule has 0 spiro atoms. The van der Waals surface area contributed by atoms with Crippen LogP contribution in [0.5, 0.6) is 0 Å². The molecule has 0 aliphatic heterocycles. The summed E-state index contributed by atoms with van der Waals surface area (Å²) < 4.78 is 0. The summed E-state index contributed by atoms with van der Waals surface area (Å²) in [7, 11) is 1.83. The number of rotatable bonds is 4. The van der Waals surface area contributed by atoms with Crippen LogP contribution in [0.3, 0.4) is 0 Å². The summed E-state index contributed by atoms with van der Waals surface area (Å²) >= 11 is 1.57. The van der Waals surface area contributed by atoms with E-state index in [0.717, 1.165) is 10.6 Å². The van der Waals surface area contributed by atoms with E-state index in [1.165, 1.54) is 0 Å². The van der Waals surface area contributed by atoms with Crippen molar-refractivity contribution in [1.29, 1.82) is 0 Å². The predicted octanol–water partition coefficient (Wildman–Crippen LogP) is 2.31. The zero-order valence-corrected chi connectivity index (χ0v) is 11.1. The van der Waals surface area contributed by atoms with Gasteiger partial charge in [-0.3, -0.25) is 9.69 Å². The van der Waals surface area contributed by atoms with Crippen LogP contribution in [0, 0.1) is 6.92 Å². The van der Waals surface area contributed by atoms with E-state index in [1.54, 1.807) is 30.7 Å². The Hall–Kier alpha value is -0.940. The van der Waals surface area contributed by atoms with E-state index in [1.807, 2.05) is 25.8 Å². The van der Waals surface area contributed by atoms with Crippen LogP contribution in [0.4, 0.5) is 0 Å². The summed E-state index contributed by atoms with van der Waals surface area (Å²) in [6, 6.07) is 0.0543. The Balaban J connectivity index is 2.95. The van der Waals surface area contributed by atoms with E-state index >= 15 is 0 Å². The number of aryl methyl sites for hydroxylation is 1. The van der Waals surface area contributed by atoms with E-state index in [0.29, 0.717) is 0 Å². The van der Waals surface area contributed by atoms with E-state index < -0.39 is 11.5 Å². The molecule has 1 unspecified atom stereocenters. The van der Waals surface area contributed by atoms with Gasteiger partial charge in [-0.25, -0.2) is 4.98 Å². The van der Waals surface area contributed by atoms with Crippen LogP contribution in [0.15, 0.2) is 5.51 Å². The number of carboxylic acid groups (broad SMARTS) is 1. The Bertz CT molecular complexity index is 387. The lowest BCUT2D eigenvalue weighted by Crippen LogP contribution is -2.48. The summed E-state index contributed by atoms with van der Waals surface area (Å²) in [6.07, 6.45) is 0. The molecular formula is C11H18N2O2S. The summed E-state index contributed by atoms with van der Waals surface area (Å²) in [5.41, 5.74) is 1.89. The van der Waals surface area contributed by atoms with Crippen molar-refractivity contribution in [1.82, 2.24) is 9.88 Å². The van der Waals surface area contributed by atoms with Gasteiger partial charge in [-0.15, -0.1) is 11.3 Å². The normalized spacial score (nSPS) is 14.1. The van der Waals surface area contributed by atoms with Gasteiger partial charge in [0.2, 0.25) is 0 Å². The molecule has 0 aliphatic rings. The van der Waals surface area contributed by atoms with Crippen molar-refractivity contribution in [2.24, 2.45) is 0 Å². The minimum Gasteiger partial charge on any atom is -0.480 e. The van der Waals surface area contributed by atoms with Gasteiger partial charge in [-0.1, -0.05) is 0 Å². The number of thiazole rings is 1. The predicted molar refractivity (Wildman–Crippen MR) is 64.7 cm³/mol. The van der Waals surface area contributed by atoms with Gasteiger partial charge < -0.3 is 5.11 Å². The molecule has 0 bridgehead atoms. The summed E-state index contributed by atoms with van der Waals surface area (Å²) in [5, 5.41) is 9.17. The molecule has 0 saturated heterocycles. The number of nitrogens with zero attached hydrogens (tertiary/aromatic N) is 2.